The molecule has 0 fully saturated rings. The van der Waals surface area contributed by atoms with E-state index in [0.29, 0.717) is 5.56 Å². The molecule has 0 saturated heterocycles. The van der Waals surface area contributed by atoms with Gasteiger partial charge < -0.3 is 10.8 Å². The summed E-state index contributed by atoms with van der Waals surface area (Å²) in [6, 6.07) is 4.14. The van der Waals surface area contributed by atoms with Crippen LogP contribution in [0.1, 0.15) is 11.6 Å². The van der Waals surface area contributed by atoms with Crippen molar-refractivity contribution in [2.45, 2.75) is 6.04 Å². The zero-order chi connectivity index (χ0) is 10.0. The Labute approximate surface area is 92.2 Å². The number of halogens is 2. The van der Waals surface area contributed by atoms with E-state index >= 15 is 0 Å². The van der Waals surface area contributed by atoms with Gasteiger partial charge in [0.25, 0.3) is 0 Å². The third-order valence-electron chi connectivity index (χ3n) is 1.57. The van der Waals surface area contributed by atoms with Crippen LogP contribution in [0.2, 0.25) is 0 Å². The topological polar surface area (TPSA) is 63.3 Å². The molecule has 0 bridgehead atoms. The molecular formula is C8H7Br2NO2. The van der Waals surface area contributed by atoms with E-state index in [0.717, 1.165) is 8.95 Å². The van der Waals surface area contributed by atoms with E-state index in [1.165, 1.54) is 0 Å². The highest BCUT2D eigenvalue weighted by Crippen LogP contribution is 2.25. The van der Waals surface area contributed by atoms with E-state index in [4.69, 9.17) is 10.8 Å². The Kier molecular flexibility index (Phi) is 3.47. The second-order valence-corrected chi connectivity index (χ2v) is 4.20. The number of hydrogen-bond acceptors (Lipinski definition) is 2. The molecule has 0 saturated carbocycles. The van der Waals surface area contributed by atoms with Gasteiger partial charge in [0, 0.05) is 8.95 Å². The molecule has 0 radical (unpaired) electrons. The lowest BCUT2D eigenvalue weighted by molar-refractivity contribution is -0.138. The van der Waals surface area contributed by atoms with E-state index in [9.17, 15) is 4.79 Å². The SMILES string of the molecule is NC(C(=O)O)c1ccc(Br)c(Br)c1. The first-order chi connectivity index (χ1) is 6.02. The van der Waals surface area contributed by atoms with Crippen LogP contribution in [-0.4, -0.2) is 11.1 Å². The monoisotopic (exact) mass is 307 g/mol. The molecule has 0 aliphatic heterocycles. The number of carbonyl (C=O) groups is 1. The molecule has 3 nitrogen and oxygen atoms in total. The van der Waals surface area contributed by atoms with Crippen molar-refractivity contribution in [2.75, 3.05) is 0 Å². The van der Waals surface area contributed by atoms with E-state index < -0.39 is 12.0 Å². The summed E-state index contributed by atoms with van der Waals surface area (Å²) in [5.74, 6) is -1.03. The minimum absolute atomic E-state index is 0.572. The highest BCUT2D eigenvalue weighted by atomic mass is 79.9. The Bertz CT molecular complexity index is 341. The molecule has 5 heteroatoms. The van der Waals surface area contributed by atoms with E-state index in [-0.39, 0.29) is 0 Å². The number of rotatable bonds is 2. The first-order valence-corrected chi connectivity index (χ1v) is 5.04. The van der Waals surface area contributed by atoms with E-state index in [2.05, 4.69) is 31.9 Å². The first-order valence-electron chi connectivity index (χ1n) is 3.45. The van der Waals surface area contributed by atoms with Crippen molar-refractivity contribution in [2.24, 2.45) is 5.73 Å². The number of carboxylic acids is 1. The summed E-state index contributed by atoms with van der Waals surface area (Å²) >= 11 is 6.55. The molecule has 0 aliphatic carbocycles. The van der Waals surface area contributed by atoms with Crippen LogP contribution in [-0.2, 0) is 4.79 Å². The van der Waals surface area contributed by atoms with Crippen molar-refractivity contribution in [1.29, 1.82) is 0 Å². The summed E-state index contributed by atoms with van der Waals surface area (Å²) in [5, 5.41) is 8.64. The Morgan fingerprint density at radius 2 is 2.00 bits per heavy atom. The van der Waals surface area contributed by atoms with Crippen molar-refractivity contribution in [3.05, 3.63) is 32.7 Å². The van der Waals surface area contributed by atoms with Crippen LogP contribution in [0.5, 0.6) is 0 Å². The number of hydrogen-bond donors (Lipinski definition) is 2. The fraction of sp³-hybridized carbons (Fsp3) is 0.125. The molecule has 0 aromatic heterocycles. The largest absolute Gasteiger partial charge is 0.480 e. The molecule has 0 aliphatic rings. The summed E-state index contributed by atoms with van der Waals surface area (Å²) < 4.78 is 1.66. The molecule has 0 spiro atoms. The molecular weight excluding hydrogens is 302 g/mol. The second kappa shape index (κ2) is 4.21. The zero-order valence-corrected chi connectivity index (χ0v) is 9.67. The summed E-state index contributed by atoms with van der Waals surface area (Å²) in [4.78, 5) is 10.5. The van der Waals surface area contributed by atoms with Crippen LogP contribution in [0, 0.1) is 0 Å². The predicted molar refractivity (Wildman–Crippen MR) is 56.4 cm³/mol. The summed E-state index contributed by atoms with van der Waals surface area (Å²) in [5.41, 5.74) is 5.99. The van der Waals surface area contributed by atoms with Crippen LogP contribution >= 0.6 is 31.9 Å². The smallest absolute Gasteiger partial charge is 0.325 e. The number of nitrogens with two attached hydrogens (primary N) is 1. The summed E-state index contributed by atoms with van der Waals surface area (Å²) in [6.07, 6.45) is 0. The van der Waals surface area contributed by atoms with Crippen molar-refractivity contribution in [3.8, 4) is 0 Å². The van der Waals surface area contributed by atoms with Crippen LogP contribution in [0.3, 0.4) is 0 Å². The standard InChI is InChI=1S/C8H7Br2NO2/c9-5-2-1-4(3-6(5)10)7(11)8(12)13/h1-3,7H,11H2,(H,12,13). The van der Waals surface area contributed by atoms with Crippen LogP contribution < -0.4 is 5.73 Å². The molecule has 0 amide bonds. The minimum Gasteiger partial charge on any atom is -0.480 e. The Morgan fingerprint density at radius 3 is 2.46 bits per heavy atom. The number of benzene rings is 1. The average Bonchev–Trinajstić information content (AvgIpc) is 2.08. The van der Waals surface area contributed by atoms with Crippen LogP contribution in [0.4, 0.5) is 0 Å². The molecule has 1 atom stereocenters. The molecule has 70 valence electrons. The van der Waals surface area contributed by atoms with Gasteiger partial charge in [-0.2, -0.15) is 0 Å². The molecule has 1 aromatic rings. The van der Waals surface area contributed by atoms with Gasteiger partial charge in [-0.3, -0.25) is 4.79 Å². The fourth-order valence-corrected chi connectivity index (χ4v) is 1.49. The highest BCUT2D eigenvalue weighted by Gasteiger charge is 2.14. The maximum Gasteiger partial charge on any atom is 0.325 e. The maximum absolute atomic E-state index is 10.5. The lowest BCUT2D eigenvalue weighted by atomic mass is 10.1. The molecule has 1 rings (SSSR count). The van der Waals surface area contributed by atoms with Gasteiger partial charge >= 0.3 is 5.97 Å². The quantitative estimate of drug-likeness (QED) is 0.881. The first kappa shape index (κ1) is 10.7. The van der Waals surface area contributed by atoms with Gasteiger partial charge in [-0.15, -0.1) is 0 Å². The fourth-order valence-electron chi connectivity index (χ4n) is 0.848. The highest BCUT2D eigenvalue weighted by molar-refractivity contribution is 9.13. The van der Waals surface area contributed by atoms with Gasteiger partial charge in [0.2, 0.25) is 0 Å². The van der Waals surface area contributed by atoms with Gasteiger partial charge in [-0.25, -0.2) is 0 Å². The van der Waals surface area contributed by atoms with Crippen LogP contribution in [0.15, 0.2) is 27.1 Å². The lowest BCUT2D eigenvalue weighted by Crippen LogP contribution is -2.20. The number of carboxylic acid groups (broad SMARTS) is 1. The Balaban J connectivity index is 3.03. The van der Waals surface area contributed by atoms with Crippen molar-refractivity contribution < 1.29 is 9.90 Å². The molecule has 1 unspecified atom stereocenters. The Hall–Kier alpha value is -0.390. The molecule has 0 heterocycles. The average molecular weight is 309 g/mol. The maximum atomic E-state index is 10.5. The van der Waals surface area contributed by atoms with Gasteiger partial charge in [-0.1, -0.05) is 6.07 Å². The van der Waals surface area contributed by atoms with Gasteiger partial charge in [0.05, 0.1) is 0 Å². The molecule has 13 heavy (non-hydrogen) atoms. The lowest BCUT2D eigenvalue weighted by Gasteiger charge is -2.07. The summed E-state index contributed by atoms with van der Waals surface area (Å²) in [7, 11) is 0. The zero-order valence-electron chi connectivity index (χ0n) is 6.50. The minimum atomic E-state index is -1.03. The van der Waals surface area contributed by atoms with Gasteiger partial charge in [-0.05, 0) is 49.6 Å². The Morgan fingerprint density at radius 1 is 1.38 bits per heavy atom. The van der Waals surface area contributed by atoms with Crippen molar-refractivity contribution in [3.63, 3.8) is 0 Å². The predicted octanol–water partition coefficient (Wildman–Crippen LogP) is 2.30. The summed E-state index contributed by atoms with van der Waals surface area (Å²) in [6.45, 7) is 0. The van der Waals surface area contributed by atoms with E-state index in [1.54, 1.807) is 18.2 Å². The number of aliphatic carboxylic acids is 1. The molecule has 1 aromatic carbocycles. The third-order valence-corrected chi connectivity index (χ3v) is 3.45. The third kappa shape index (κ3) is 2.52. The van der Waals surface area contributed by atoms with Crippen molar-refractivity contribution >= 4 is 37.8 Å². The molecule has 3 N–H and O–H groups in total. The second-order valence-electron chi connectivity index (χ2n) is 2.49. The normalized spacial score (nSPS) is 12.5. The van der Waals surface area contributed by atoms with Gasteiger partial charge in [0.15, 0.2) is 0 Å². The van der Waals surface area contributed by atoms with Gasteiger partial charge in [0.1, 0.15) is 6.04 Å². The van der Waals surface area contributed by atoms with Crippen LogP contribution in [0.25, 0.3) is 0 Å². The van der Waals surface area contributed by atoms with E-state index in [1.807, 2.05) is 0 Å². The van der Waals surface area contributed by atoms with Crippen molar-refractivity contribution in [1.82, 2.24) is 0 Å².